The second-order valence-corrected chi connectivity index (χ2v) is 9.38. The van der Waals surface area contributed by atoms with Crippen molar-refractivity contribution >= 4 is 0 Å². The fraction of sp³-hybridized carbons (Fsp3) is 1.00. The van der Waals surface area contributed by atoms with Crippen molar-refractivity contribution in [3.05, 3.63) is 0 Å². The summed E-state index contributed by atoms with van der Waals surface area (Å²) in [5.41, 5.74) is 0.574. The standard InChI is InChI=1S/C19H32O4/c1-18(10-22-11-18)8-20-6-16-4-15-3-14(16)5-17(15)7-21-9-19(2)12-23-13-19/h14-17H,3-13H2,1-2H3. The zero-order valence-electron chi connectivity index (χ0n) is 14.7. The predicted molar refractivity (Wildman–Crippen MR) is 87.3 cm³/mol. The summed E-state index contributed by atoms with van der Waals surface area (Å²) in [7, 11) is 0. The maximum absolute atomic E-state index is 6.04. The fourth-order valence-corrected chi connectivity index (χ4v) is 4.90. The van der Waals surface area contributed by atoms with E-state index < -0.39 is 0 Å². The molecule has 0 aromatic rings. The molecule has 2 aliphatic heterocycles. The van der Waals surface area contributed by atoms with Crippen molar-refractivity contribution in [2.24, 2.45) is 34.5 Å². The summed E-state index contributed by atoms with van der Waals surface area (Å²) in [4.78, 5) is 0. The first-order valence-electron chi connectivity index (χ1n) is 9.36. The molecule has 0 amide bonds. The first-order valence-corrected chi connectivity index (χ1v) is 9.36. The first-order chi connectivity index (χ1) is 11.1. The fourth-order valence-electron chi connectivity index (χ4n) is 4.90. The minimum Gasteiger partial charge on any atom is -0.380 e. The summed E-state index contributed by atoms with van der Waals surface area (Å²) < 4.78 is 22.7. The maximum atomic E-state index is 6.04. The van der Waals surface area contributed by atoms with Gasteiger partial charge in [-0.15, -0.1) is 0 Å². The molecule has 23 heavy (non-hydrogen) atoms. The molecule has 4 rings (SSSR count). The molecular weight excluding hydrogens is 292 g/mol. The molecule has 0 N–H and O–H groups in total. The highest BCUT2D eigenvalue weighted by Gasteiger charge is 2.46. The lowest BCUT2D eigenvalue weighted by Gasteiger charge is -2.38. The van der Waals surface area contributed by atoms with E-state index in [9.17, 15) is 0 Å². The highest BCUT2D eigenvalue weighted by molar-refractivity contribution is 4.95. The average Bonchev–Trinajstić information content (AvgIpc) is 3.03. The summed E-state index contributed by atoms with van der Waals surface area (Å²) in [5.74, 6) is 3.33. The lowest BCUT2D eigenvalue weighted by molar-refractivity contribution is -0.144. The predicted octanol–water partition coefficient (Wildman–Crippen LogP) is 2.75. The Morgan fingerprint density at radius 2 is 1.17 bits per heavy atom. The Kier molecular flexibility index (Phi) is 4.46. The van der Waals surface area contributed by atoms with Crippen molar-refractivity contribution in [3.8, 4) is 0 Å². The van der Waals surface area contributed by atoms with Crippen LogP contribution in [0.5, 0.6) is 0 Å². The molecule has 0 radical (unpaired) electrons. The van der Waals surface area contributed by atoms with Gasteiger partial charge >= 0.3 is 0 Å². The van der Waals surface area contributed by atoms with E-state index in [-0.39, 0.29) is 10.8 Å². The summed E-state index contributed by atoms with van der Waals surface area (Å²) in [6, 6.07) is 0. The highest BCUT2D eigenvalue weighted by Crippen LogP contribution is 2.52. The summed E-state index contributed by atoms with van der Waals surface area (Å²) in [6.45, 7) is 11.7. The quantitative estimate of drug-likeness (QED) is 0.688. The van der Waals surface area contributed by atoms with E-state index in [0.717, 1.165) is 76.5 Å². The van der Waals surface area contributed by atoms with E-state index in [4.69, 9.17) is 18.9 Å². The normalized spacial score (nSPS) is 39.9. The largest absolute Gasteiger partial charge is 0.380 e. The Bertz CT molecular complexity index is 378. The van der Waals surface area contributed by atoms with Crippen LogP contribution in [-0.2, 0) is 18.9 Å². The van der Waals surface area contributed by atoms with Crippen molar-refractivity contribution < 1.29 is 18.9 Å². The third-order valence-electron chi connectivity index (χ3n) is 6.52. The van der Waals surface area contributed by atoms with Crippen LogP contribution in [0, 0.1) is 34.5 Å². The van der Waals surface area contributed by atoms with Crippen LogP contribution in [-0.4, -0.2) is 52.9 Å². The number of rotatable bonds is 8. The van der Waals surface area contributed by atoms with Crippen molar-refractivity contribution in [1.82, 2.24) is 0 Å². The van der Waals surface area contributed by atoms with Crippen LogP contribution in [0.3, 0.4) is 0 Å². The van der Waals surface area contributed by atoms with Crippen molar-refractivity contribution in [1.29, 1.82) is 0 Å². The van der Waals surface area contributed by atoms with Gasteiger partial charge in [0, 0.05) is 24.0 Å². The Morgan fingerprint density at radius 3 is 1.48 bits per heavy atom. The van der Waals surface area contributed by atoms with E-state index >= 15 is 0 Å². The monoisotopic (exact) mass is 324 g/mol. The van der Waals surface area contributed by atoms with Crippen molar-refractivity contribution in [2.45, 2.75) is 33.1 Å². The van der Waals surface area contributed by atoms with Gasteiger partial charge in [-0.1, -0.05) is 13.8 Å². The number of ether oxygens (including phenoxy) is 4. The van der Waals surface area contributed by atoms with Crippen LogP contribution in [0.2, 0.25) is 0 Å². The molecule has 0 aromatic heterocycles. The zero-order chi connectivity index (χ0) is 15.9. The van der Waals surface area contributed by atoms with E-state index in [2.05, 4.69) is 13.8 Å². The topological polar surface area (TPSA) is 36.9 Å². The van der Waals surface area contributed by atoms with Crippen LogP contribution < -0.4 is 0 Å². The van der Waals surface area contributed by atoms with Gasteiger partial charge in [-0.25, -0.2) is 0 Å². The van der Waals surface area contributed by atoms with Gasteiger partial charge in [0.25, 0.3) is 0 Å². The Hall–Kier alpha value is -0.160. The molecule has 2 saturated carbocycles. The summed E-state index contributed by atoms with van der Waals surface area (Å²) in [6.07, 6.45) is 4.11. The molecule has 2 aliphatic carbocycles. The molecule has 4 fully saturated rings. The van der Waals surface area contributed by atoms with Crippen LogP contribution in [0.1, 0.15) is 33.1 Å². The Balaban J connectivity index is 1.13. The van der Waals surface area contributed by atoms with Gasteiger partial charge in [-0.2, -0.15) is 0 Å². The van der Waals surface area contributed by atoms with Crippen LogP contribution >= 0.6 is 0 Å². The van der Waals surface area contributed by atoms with Gasteiger partial charge in [0.15, 0.2) is 0 Å². The molecule has 0 aromatic carbocycles. The molecule has 4 aliphatic rings. The molecular formula is C19H32O4. The SMILES string of the molecule is CC1(COCC2CC3CC2CC3COCC2(C)COC2)COC1. The van der Waals surface area contributed by atoms with Crippen molar-refractivity contribution in [2.75, 3.05) is 52.9 Å². The maximum Gasteiger partial charge on any atom is 0.0564 e. The Labute approximate surface area is 140 Å². The minimum atomic E-state index is 0.287. The molecule has 132 valence electrons. The number of fused-ring (bicyclic) bond motifs is 2. The van der Waals surface area contributed by atoms with Gasteiger partial charge in [0.05, 0.1) is 39.6 Å². The van der Waals surface area contributed by atoms with Gasteiger partial charge in [0.1, 0.15) is 0 Å². The lowest BCUT2D eigenvalue weighted by atomic mass is 9.82. The van der Waals surface area contributed by atoms with Gasteiger partial charge in [0.2, 0.25) is 0 Å². The van der Waals surface area contributed by atoms with Crippen LogP contribution in [0.25, 0.3) is 0 Å². The second kappa shape index (κ2) is 6.29. The molecule has 0 spiro atoms. The molecule has 4 nitrogen and oxygen atoms in total. The van der Waals surface area contributed by atoms with Gasteiger partial charge in [-0.3, -0.25) is 0 Å². The zero-order valence-corrected chi connectivity index (χ0v) is 14.7. The van der Waals surface area contributed by atoms with E-state index in [1.54, 1.807) is 0 Å². The molecule has 2 bridgehead atoms. The van der Waals surface area contributed by atoms with Crippen LogP contribution in [0.15, 0.2) is 0 Å². The molecule has 2 heterocycles. The number of hydrogen-bond acceptors (Lipinski definition) is 4. The Morgan fingerprint density at radius 1 is 0.739 bits per heavy atom. The first kappa shape index (κ1) is 16.3. The molecule has 2 saturated heterocycles. The third-order valence-corrected chi connectivity index (χ3v) is 6.52. The highest BCUT2D eigenvalue weighted by atomic mass is 16.5. The van der Waals surface area contributed by atoms with Gasteiger partial charge in [-0.05, 0) is 42.9 Å². The lowest BCUT2D eigenvalue weighted by Crippen LogP contribution is -2.44. The average molecular weight is 324 g/mol. The molecule has 4 heteroatoms. The third kappa shape index (κ3) is 3.46. The summed E-state index contributed by atoms with van der Waals surface area (Å²) in [5, 5.41) is 0. The number of hydrogen-bond donors (Lipinski definition) is 0. The van der Waals surface area contributed by atoms with E-state index in [0.29, 0.717) is 0 Å². The van der Waals surface area contributed by atoms with Gasteiger partial charge < -0.3 is 18.9 Å². The summed E-state index contributed by atoms with van der Waals surface area (Å²) >= 11 is 0. The minimum absolute atomic E-state index is 0.287. The molecule has 4 atom stereocenters. The van der Waals surface area contributed by atoms with E-state index in [1.807, 2.05) is 0 Å². The molecule has 4 unspecified atom stereocenters. The second-order valence-electron chi connectivity index (χ2n) is 9.38. The van der Waals surface area contributed by atoms with Crippen LogP contribution in [0.4, 0.5) is 0 Å². The smallest absolute Gasteiger partial charge is 0.0564 e. The van der Waals surface area contributed by atoms with E-state index in [1.165, 1.54) is 19.3 Å². The van der Waals surface area contributed by atoms with Crippen molar-refractivity contribution in [3.63, 3.8) is 0 Å².